The van der Waals surface area contributed by atoms with Crippen LogP contribution in [0.25, 0.3) is 0 Å². The van der Waals surface area contributed by atoms with E-state index in [-0.39, 0.29) is 28.7 Å². The van der Waals surface area contributed by atoms with E-state index in [0.717, 1.165) is 11.3 Å². The zero-order valence-corrected chi connectivity index (χ0v) is 18.1. The molecule has 1 fully saturated rings. The third kappa shape index (κ3) is 4.64. The molecule has 31 heavy (non-hydrogen) atoms. The Morgan fingerprint density at radius 3 is 2.81 bits per heavy atom. The van der Waals surface area contributed by atoms with Crippen LogP contribution in [0.2, 0.25) is 0 Å². The lowest BCUT2D eigenvalue weighted by Crippen LogP contribution is -2.70. The second kappa shape index (κ2) is 9.34. The number of hydrogen-bond acceptors (Lipinski definition) is 12. The van der Waals surface area contributed by atoms with Crippen molar-refractivity contribution in [2.75, 3.05) is 11.5 Å². The molecule has 12 nitrogen and oxygen atoms in total. The van der Waals surface area contributed by atoms with Crippen LogP contribution in [0.5, 0.6) is 0 Å². The first-order valence-electron chi connectivity index (χ1n) is 9.06. The lowest BCUT2D eigenvalue weighted by Gasteiger charge is -2.48. The van der Waals surface area contributed by atoms with E-state index in [4.69, 9.17) is 15.2 Å². The minimum atomic E-state index is -1.12. The van der Waals surface area contributed by atoms with Gasteiger partial charge in [0.1, 0.15) is 22.8 Å². The average molecular weight is 470 g/mol. The number of carbonyl (C=O) groups is 4. The van der Waals surface area contributed by atoms with E-state index in [1.54, 1.807) is 6.92 Å². The van der Waals surface area contributed by atoms with Gasteiger partial charge in [-0.3, -0.25) is 19.3 Å². The van der Waals surface area contributed by atoms with E-state index in [2.05, 4.69) is 15.5 Å². The van der Waals surface area contributed by atoms with Crippen LogP contribution >= 0.6 is 23.1 Å². The Morgan fingerprint density at radius 1 is 1.45 bits per heavy atom. The number of nitrogens with two attached hydrogens (primary N) is 1. The van der Waals surface area contributed by atoms with Crippen molar-refractivity contribution in [2.24, 2.45) is 5.16 Å². The topological polar surface area (TPSA) is 174 Å². The number of β-lactam (4-membered cyclic amide) rings is 1. The molecular formula is C17H19N5O7S2. The summed E-state index contributed by atoms with van der Waals surface area (Å²) in [6, 6.07) is -0.947. The Balaban J connectivity index is 1.64. The molecule has 4 N–H and O–H groups in total. The first-order valence-corrected chi connectivity index (χ1v) is 11.0. The smallest absolute Gasteiger partial charge is 0.357 e. The number of rotatable bonds is 7. The zero-order valence-electron chi connectivity index (χ0n) is 16.4. The summed E-state index contributed by atoms with van der Waals surface area (Å²) in [6.45, 7) is 2.99. The van der Waals surface area contributed by atoms with Crippen LogP contribution in [0.1, 0.15) is 26.0 Å². The summed E-state index contributed by atoms with van der Waals surface area (Å²) in [5.41, 5.74) is 5.22. The highest BCUT2D eigenvalue weighted by atomic mass is 32.2. The quantitative estimate of drug-likeness (QED) is 0.123. The number of esters is 2. The van der Waals surface area contributed by atoms with E-state index in [0.29, 0.717) is 5.75 Å². The molecule has 0 radical (unpaired) electrons. The van der Waals surface area contributed by atoms with E-state index in [1.807, 2.05) is 0 Å². The van der Waals surface area contributed by atoms with E-state index in [1.165, 1.54) is 35.0 Å². The lowest BCUT2D eigenvalue weighted by molar-refractivity contribution is -0.183. The van der Waals surface area contributed by atoms with Crippen molar-refractivity contribution in [3.63, 3.8) is 0 Å². The number of nitrogen functional groups attached to an aromatic ring is 1. The van der Waals surface area contributed by atoms with Gasteiger partial charge in [0.15, 0.2) is 10.8 Å². The van der Waals surface area contributed by atoms with Gasteiger partial charge < -0.3 is 25.7 Å². The molecule has 0 bridgehead atoms. The predicted octanol–water partition coefficient (Wildman–Crippen LogP) is 0.0298. The summed E-state index contributed by atoms with van der Waals surface area (Å²) >= 11 is 2.39. The van der Waals surface area contributed by atoms with E-state index in [9.17, 15) is 24.4 Å². The van der Waals surface area contributed by atoms with Gasteiger partial charge in [-0.05, 0) is 6.08 Å². The number of hydrogen-bond donors (Lipinski definition) is 3. The van der Waals surface area contributed by atoms with Gasteiger partial charge >= 0.3 is 11.9 Å². The van der Waals surface area contributed by atoms with Crippen LogP contribution in [-0.4, -0.2) is 68.0 Å². The van der Waals surface area contributed by atoms with Crippen LogP contribution in [0, 0.1) is 0 Å². The molecule has 166 valence electrons. The molecule has 1 saturated heterocycles. The molecule has 1 aromatic heterocycles. The Labute approximate surface area is 184 Å². The molecule has 1 aromatic rings. The minimum absolute atomic E-state index is 0.00182. The Morgan fingerprint density at radius 2 is 2.19 bits per heavy atom. The Kier molecular flexibility index (Phi) is 6.80. The van der Waals surface area contributed by atoms with Gasteiger partial charge in [0, 0.05) is 24.5 Å². The predicted molar refractivity (Wildman–Crippen MR) is 110 cm³/mol. The molecule has 0 saturated carbocycles. The SMILES string of the molecule is CCC(=O)OC(C)OC(=O)C1=CCS[C@@H]2C(NC(=O)/C(=N\O)c3csc(N)n3)C(=O)N12. The fraction of sp³-hybridized carbons (Fsp3) is 0.412. The monoisotopic (exact) mass is 469 g/mol. The van der Waals surface area contributed by atoms with Crippen molar-refractivity contribution >= 4 is 57.7 Å². The summed E-state index contributed by atoms with van der Waals surface area (Å²) < 4.78 is 9.98. The third-order valence-corrected chi connectivity index (χ3v) is 6.14. The number of oxime groups is 1. The fourth-order valence-electron chi connectivity index (χ4n) is 2.85. The normalized spacial score (nSPS) is 21.4. The van der Waals surface area contributed by atoms with Gasteiger partial charge in [-0.15, -0.1) is 23.1 Å². The molecule has 3 atom stereocenters. The van der Waals surface area contributed by atoms with Crippen LogP contribution in [0.4, 0.5) is 5.13 Å². The maximum Gasteiger partial charge on any atom is 0.357 e. The van der Waals surface area contributed by atoms with Gasteiger partial charge in [-0.1, -0.05) is 12.1 Å². The highest BCUT2D eigenvalue weighted by Crippen LogP contribution is 2.38. The highest BCUT2D eigenvalue weighted by Gasteiger charge is 2.53. The molecule has 2 unspecified atom stereocenters. The van der Waals surface area contributed by atoms with Crippen LogP contribution in [0.15, 0.2) is 22.3 Å². The van der Waals surface area contributed by atoms with E-state index >= 15 is 0 Å². The number of ether oxygens (including phenoxy) is 2. The maximum absolute atomic E-state index is 12.6. The van der Waals surface area contributed by atoms with Crippen molar-refractivity contribution in [1.29, 1.82) is 0 Å². The summed E-state index contributed by atoms with van der Waals surface area (Å²) in [4.78, 5) is 54.0. The zero-order chi connectivity index (χ0) is 22.7. The second-order valence-electron chi connectivity index (χ2n) is 6.31. The number of amides is 2. The molecule has 0 spiro atoms. The summed E-state index contributed by atoms with van der Waals surface area (Å²) in [5.74, 6) is -2.32. The van der Waals surface area contributed by atoms with Gasteiger partial charge in [0.25, 0.3) is 11.8 Å². The molecule has 0 aromatic carbocycles. The van der Waals surface area contributed by atoms with Crippen molar-refractivity contribution in [3.8, 4) is 0 Å². The van der Waals surface area contributed by atoms with Crippen molar-refractivity contribution in [2.45, 2.75) is 38.0 Å². The minimum Gasteiger partial charge on any atom is -0.425 e. The number of thioether (sulfide) groups is 1. The molecule has 2 amide bonds. The molecule has 2 aliphatic rings. The number of carbonyl (C=O) groups excluding carboxylic acids is 4. The molecule has 3 rings (SSSR count). The summed E-state index contributed by atoms with van der Waals surface area (Å²) in [6.07, 6.45) is 0.531. The fourth-order valence-corrected chi connectivity index (χ4v) is 4.59. The first kappa shape index (κ1) is 22.6. The summed E-state index contributed by atoms with van der Waals surface area (Å²) in [5, 5.41) is 15.7. The van der Waals surface area contributed by atoms with E-state index < -0.39 is 41.5 Å². The largest absolute Gasteiger partial charge is 0.425 e. The van der Waals surface area contributed by atoms with Crippen LogP contribution in [0.3, 0.4) is 0 Å². The van der Waals surface area contributed by atoms with Crippen molar-refractivity contribution < 1.29 is 33.9 Å². The molecule has 14 heteroatoms. The van der Waals surface area contributed by atoms with Crippen molar-refractivity contribution in [3.05, 3.63) is 22.8 Å². The standard InChI is InChI=1S/C17H19N5O7S2/c1-3-10(23)28-7(2)29-16(26)9-4-5-30-15-12(14(25)22(9)15)20-13(24)11(21-27)8-6-31-17(18)19-8/h4,6-7,12,15,27H,3,5H2,1-2H3,(H2,18,19)(H,20,24)/b21-11-/t7?,12?,15-/m1/s1. The number of fused-ring (bicyclic) bond motifs is 1. The second-order valence-corrected chi connectivity index (χ2v) is 8.35. The third-order valence-electron chi connectivity index (χ3n) is 4.28. The molecule has 2 aliphatic heterocycles. The number of nitrogens with one attached hydrogen (secondary N) is 1. The highest BCUT2D eigenvalue weighted by molar-refractivity contribution is 8.00. The maximum atomic E-state index is 12.6. The van der Waals surface area contributed by atoms with Gasteiger partial charge in [-0.25, -0.2) is 9.78 Å². The number of nitrogens with zero attached hydrogens (tertiary/aromatic N) is 3. The Bertz CT molecular complexity index is 976. The van der Waals surface area contributed by atoms with Gasteiger partial charge in [0.05, 0.1) is 0 Å². The molecule has 3 heterocycles. The van der Waals surface area contributed by atoms with Crippen LogP contribution < -0.4 is 11.1 Å². The lowest BCUT2D eigenvalue weighted by atomic mass is 10.0. The number of anilines is 1. The Hall–Kier alpha value is -3.13. The summed E-state index contributed by atoms with van der Waals surface area (Å²) in [7, 11) is 0. The van der Waals surface area contributed by atoms with Crippen molar-refractivity contribution in [1.82, 2.24) is 15.2 Å². The average Bonchev–Trinajstić information content (AvgIpc) is 3.17. The molecule has 0 aliphatic carbocycles. The number of thiazole rings is 1. The first-order chi connectivity index (χ1) is 14.8. The van der Waals surface area contributed by atoms with Gasteiger partial charge in [-0.2, -0.15) is 0 Å². The van der Waals surface area contributed by atoms with Crippen LogP contribution in [-0.2, 0) is 28.7 Å². The van der Waals surface area contributed by atoms with Gasteiger partial charge in [0.2, 0.25) is 6.29 Å². The number of aromatic nitrogens is 1. The molecular weight excluding hydrogens is 450 g/mol.